The molecule has 0 fully saturated rings. The molecule has 4 nitrogen and oxygen atoms in total. The van der Waals surface area contributed by atoms with Crippen molar-refractivity contribution in [3.8, 4) is 0 Å². The molecule has 0 aliphatic carbocycles. The van der Waals surface area contributed by atoms with Crippen LogP contribution in [0.2, 0.25) is 0 Å². The van der Waals surface area contributed by atoms with Gasteiger partial charge in [-0.15, -0.1) is 0 Å². The van der Waals surface area contributed by atoms with Gasteiger partial charge in [-0.2, -0.15) is 0 Å². The first-order valence-electron chi connectivity index (χ1n) is 6.20. The number of carbonyl (C=O) groups is 1. The van der Waals surface area contributed by atoms with Crippen LogP contribution in [0.3, 0.4) is 0 Å². The zero-order valence-electron chi connectivity index (χ0n) is 10.6. The molecule has 0 aliphatic heterocycles. The van der Waals surface area contributed by atoms with Crippen LogP contribution in [0.25, 0.3) is 0 Å². The maximum absolute atomic E-state index is 12.0. The Hall–Kier alpha value is -1.58. The van der Waals surface area contributed by atoms with E-state index in [1.54, 1.807) is 18.3 Å². The molecule has 0 atom stereocenters. The van der Waals surface area contributed by atoms with Gasteiger partial charge in [0.15, 0.2) is 5.82 Å². The summed E-state index contributed by atoms with van der Waals surface area (Å²) in [7, 11) is 0. The quantitative estimate of drug-likeness (QED) is 0.796. The lowest BCUT2D eigenvalue weighted by atomic mass is 9.97. The Morgan fingerprint density at radius 3 is 2.59 bits per heavy atom. The summed E-state index contributed by atoms with van der Waals surface area (Å²) in [6, 6.07) is 3.48. The summed E-state index contributed by atoms with van der Waals surface area (Å²) in [5.41, 5.74) is 6.25. The van der Waals surface area contributed by atoms with Crippen LogP contribution in [0.5, 0.6) is 0 Å². The Morgan fingerprint density at radius 1 is 1.41 bits per heavy atom. The lowest BCUT2D eigenvalue weighted by Crippen LogP contribution is -2.23. The first kappa shape index (κ1) is 13.5. The summed E-state index contributed by atoms with van der Waals surface area (Å²) in [6.07, 6.45) is 5.46. The van der Waals surface area contributed by atoms with E-state index in [4.69, 9.17) is 5.73 Å². The second-order valence-corrected chi connectivity index (χ2v) is 4.20. The van der Waals surface area contributed by atoms with Crippen molar-refractivity contribution in [2.45, 2.75) is 39.5 Å². The molecule has 4 heteroatoms. The maximum atomic E-state index is 12.0. The van der Waals surface area contributed by atoms with E-state index in [1.807, 2.05) is 0 Å². The van der Waals surface area contributed by atoms with Gasteiger partial charge in [-0.1, -0.05) is 26.7 Å². The highest BCUT2D eigenvalue weighted by atomic mass is 16.1. The van der Waals surface area contributed by atoms with E-state index in [-0.39, 0.29) is 11.8 Å². The van der Waals surface area contributed by atoms with Crippen LogP contribution >= 0.6 is 0 Å². The number of carbonyl (C=O) groups excluding carboxylic acids is 1. The molecule has 17 heavy (non-hydrogen) atoms. The summed E-state index contributed by atoms with van der Waals surface area (Å²) >= 11 is 0. The number of hydrogen-bond acceptors (Lipinski definition) is 3. The van der Waals surface area contributed by atoms with Crippen molar-refractivity contribution in [2.24, 2.45) is 5.92 Å². The van der Waals surface area contributed by atoms with Crippen molar-refractivity contribution in [3.05, 3.63) is 18.3 Å². The SMILES string of the molecule is CCCC(CCC)C(=O)Nc1ncccc1N. The molecule has 1 heterocycles. The molecule has 0 unspecified atom stereocenters. The molecule has 1 rings (SSSR count). The molecule has 0 spiro atoms. The topological polar surface area (TPSA) is 68.0 Å². The number of nitrogens with zero attached hydrogens (tertiary/aromatic N) is 1. The molecular formula is C13H21N3O. The number of anilines is 2. The standard InChI is InChI=1S/C13H21N3O/c1-3-6-10(7-4-2)13(17)16-12-11(14)8-5-9-15-12/h5,8-10H,3-4,6-7,14H2,1-2H3,(H,15,16,17). The minimum Gasteiger partial charge on any atom is -0.396 e. The maximum Gasteiger partial charge on any atom is 0.228 e. The fraction of sp³-hybridized carbons (Fsp3) is 0.538. The molecule has 0 saturated carbocycles. The number of hydrogen-bond donors (Lipinski definition) is 2. The smallest absolute Gasteiger partial charge is 0.228 e. The predicted molar refractivity (Wildman–Crippen MR) is 70.6 cm³/mol. The highest BCUT2D eigenvalue weighted by Crippen LogP contribution is 2.18. The number of pyridine rings is 1. The Morgan fingerprint density at radius 2 is 2.06 bits per heavy atom. The van der Waals surface area contributed by atoms with Crippen molar-refractivity contribution in [1.82, 2.24) is 4.98 Å². The second-order valence-electron chi connectivity index (χ2n) is 4.20. The van der Waals surface area contributed by atoms with Gasteiger partial charge in [0, 0.05) is 12.1 Å². The average Bonchev–Trinajstić information content (AvgIpc) is 2.32. The van der Waals surface area contributed by atoms with E-state index in [0.717, 1.165) is 25.7 Å². The molecular weight excluding hydrogens is 214 g/mol. The van der Waals surface area contributed by atoms with Gasteiger partial charge in [0.05, 0.1) is 5.69 Å². The zero-order valence-corrected chi connectivity index (χ0v) is 10.6. The van der Waals surface area contributed by atoms with Crippen molar-refractivity contribution in [1.29, 1.82) is 0 Å². The van der Waals surface area contributed by atoms with Gasteiger partial charge < -0.3 is 11.1 Å². The third-order valence-electron chi connectivity index (χ3n) is 2.73. The number of nitrogens with one attached hydrogen (secondary N) is 1. The molecule has 0 aromatic carbocycles. The number of nitrogen functional groups attached to an aromatic ring is 1. The van der Waals surface area contributed by atoms with Crippen molar-refractivity contribution in [3.63, 3.8) is 0 Å². The van der Waals surface area contributed by atoms with Crippen LogP contribution in [-0.4, -0.2) is 10.9 Å². The summed E-state index contributed by atoms with van der Waals surface area (Å²) in [6.45, 7) is 4.18. The van der Waals surface area contributed by atoms with Gasteiger partial charge in [0.2, 0.25) is 5.91 Å². The minimum atomic E-state index is 0.0269. The summed E-state index contributed by atoms with van der Waals surface area (Å²) in [4.78, 5) is 16.1. The molecule has 3 N–H and O–H groups in total. The van der Waals surface area contributed by atoms with Gasteiger partial charge in [-0.25, -0.2) is 4.98 Å². The number of nitrogens with two attached hydrogens (primary N) is 1. The highest BCUT2D eigenvalue weighted by molar-refractivity contribution is 5.93. The summed E-state index contributed by atoms with van der Waals surface area (Å²) in [5, 5.41) is 2.80. The van der Waals surface area contributed by atoms with Gasteiger partial charge >= 0.3 is 0 Å². The van der Waals surface area contributed by atoms with Crippen LogP contribution < -0.4 is 11.1 Å². The van der Waals surface area contributed by atoms with Crippen LogP contribution in [0, 0.1) is 5.92 Å². The van der Waals surface area contributed by atoms with E-state index in [1.165, 1.54) is 0 Å². The van der Waals surface area contributed by atoms with E-state index < -0.39 is 0 Å². The number of rotatable bonds is 6. The fourth-order valence-electron chi connectivity index (χ4n) is 1.84. The Balaban J connectivity index is 2.66. The molecule has 94 valence electrons. The van der Waals surface area contributed by atoms with Gasteiger partial charge in [0.1, 0.15) is 0 Å². The second kappa shape index (κ2) is 6.89. The summed E-state index contributed by atoms with van der Waals surface area (Å²) < 4.78 is 0. The minimum absolute atomic E-state index is 0.0269. The van der Waals surface area contributed by atoms with Crippen LogP contribution in [0.4, 0.5) is 11.5 Å². The molecule has 0 radical (unpaired) electrons. The first-order chi connectivity index (χ1) is 8.19. The first-order valence-corrected chi connectivity index (χ1v) is 6.20. The Kier molecular flexibility index (Phi) is 5.46. The monoisotopic (exact) mass is 235 g/mol. The third kappa shape index (κ3) is 4.06. The summed E-state index contributed by atoms with van der Waals surface area (Å²) in [5.74, 6) is 0.556. The number of aromatic nitrogens is 1. The molecule has 0 saturated heterocycles. The van der Waals surface area contributed by atoms with Crippen LogP contribution in [0.15, 0.2) is 18.3 Å². The molecule has 1 aromatic rings. The van der Waals surface area contributed by atoms with Gasteiger partial charge in [0.25, 0.3) is 0 Å². The van der Waals surface area contributed by atoms with Crippen LogP contribution in [-0.2, 0) is 4.79 Å². The third-order valence-corrected chi connectivity index (χ3v) is 2.73. The van der Waals surface area contributed by atoms with Crippen molar-refractivity contribution in [2.75, 3.05) is 11.1 Å². The van der Waals surface area contributed by atoms with E-state index in [0.29, 0.717) is 11.5 Å². The van der Waals surface area contributed by atoms with Crippen molar-refractivity contribution < 1.29 is 4.79 Å². The average molecular weight is 235 g/mol. The lowest BCUT2D eigenvalue weighted by molar-refractivity contribution is -0.120. The molecule has 1 amide bonds. The van der Waals surface area contributed by atoms with E-state index >= 15 is 0 Å². The Bertz CT molecular complexity index is 359. The van der Waals surface area contributed by atoms with Crippen LogP contribution in [0.1, 0.15) is 39.5 Å². The fourth-order valence-corrected chi connectivity index (χ4v) is 1.84. The van der Waals surface area contributed by atoms with E-state index in [2.05, 4.69) is 24.1 Å². The highest BCUT2D eigenvalue weighted by Gasteiger charge is 2.17. The zero-order chi connectivity index (χ0) is 12.7. The number of amides is 1. The molecule has 1 aromatic heterocycles. The normalized spacial score (nSPS) is 10.5. The molecule has 0 aliphatic rings. The largest absolute Gasteiger partial charge is 0.396 e. The van der Waals surface area contributed by atoms with E-state index in [9.17, 15) is 4.79 Å². The van der Waals surface area contributed by atoms with Gasteiger partial charge in [-0.3, -0.25) is 4.79 Å². The lowest BCUT2D eigenvalue weighted by Gasteiger charge is -2.15. The Labute approximate surface area is 103 Å². The predicted octanol–water partition coefficient (Wildman–Crippen LogP) is 2.82. The van der Waals surface area contributed by atoms with Gasteiger partial charge in [-0.05, 0) is 25.0 Å². The molecule has 0 bridgehead atoms. The van der Waals surface area contributed by atoms with Crippen molar-refractivity contribution >= 4 is 17.4 Å².